The Hall–Kier alpha value is -0.940. The van der Waals surface area contributed by atoms with Gasteiger partial charge in [-0.3, -0.25) is 0 Å². The van der Waals surface area contributed by atoms with Gasteiger partial charge >= 0.3 is 0 Å². The molecule has 5 nitrogen and oxygen atoms in total. The molecular formula is C14H21N3O2. The summed E-state index contributed by atoms with van der Waals surface area (Å²) in [5.74, 6) is 5.46. The minimum atomic E-state index is -0.271. The summed E-state index contributed by atoms with van der Waals surface area (Å²) < 4.78 is 10.8. The van der Waals surface area contributed by atoms with Crippen LogP contribution in [-0.4, -0.2) is 23.4 Å². The van der Waals surface area contributed by atoms with Crippen LogP contribution in [0.4, 0.5) is 0 Å². The summed E-state index contributed by atoms with van der Waals surface area (Å²) in [6, 6.07) is -0.271. The van der Waals surface area contributed by atoms with Gasteiger partial charge in [0.2, 0.25) is 5.89 Å². The van der Waals surface area contributed by atoms with Gasteiger partial charge in [0.1, 0.15) is 0 Å². The molecule has 5 heteroatoms. The van der Waals surface area contributed by atoms with Gasteiger partial charge in [-0.25, -0.2) is 0 Å². The molecule has 5 unspecified atom stereocenters. The van der Waals surface area contributed by atoms with Crippen molar-refractivity contribution < 1.29 is 9.26 Å². The molecule has 3 fully saturated rings. The second kappa shape index (κ2) is 4.28. The molecule has 104 valence electrons. The molecular weight excluding hydrogens is 242 g/mol. The fraction of sp³-hybridized carbons (Fsp3) is 0.857. The second-order valence-electron chi connectivity index (χ2n) is 6.27. The molecule has 0 radical (unpaired) electrons. The molecule has 2 bridgehead atoms. The topological polar surface area (TPSA) is 74.2 Å². The number of hydrogen-bond acceptors (Lipinski definition) is 5. The van der Waals surface area contributed by atoms with Crippen LogP contribution < -0.4 is 5.73 Å². The first-order chi connectivity index (χ1) is 9.29. The van der Waals surface area contributed by atoms with Gasteiger partial charge in [-0.15, -0.1) is 0 Å². The fourth-order valence-electron chi connectivity index (χ4n) is 4.51. The molecule has 1 heterocycles. The quantitative estimate of drug-likeness (QED) is 0.877. The van der Waals surface area contributed by atoms with Crippen LogP contribution in [-0.2, 0) is 4.74 Å². The lowest BCUT2D eigenvalue weighted by Crippen LogP contribution is -2.18. The van der Waals surface area contributed by atoms with Crippen molar-refractivity contribution in [1.29, 1.82) is 0 Å². The standard InChI is InChI=1S/C14H21N3O2/c1-2-18-6-9(15)13-16-14(19-17-13)12-10-7-3-4-8(5-7)11(10)12/h7-12H,2-6,15H2,1H3. The summed E-state index contributed by atoms with van der Waals surface area (Å²) in [5, 5.41) is 4.04. The molecule has 4 rings (SSSR count). The Balaban J connectivity index is 1.45. The van der Waals surface area contributed by atoms with Crippen molar-refractivity contribution in [3.05, 3.63) is 11.7 Å². The van der Waals surface area contributed by atoms with E-state index in [4.69, 9.17) is 15.0 Å². The van der Waals surface area contributed by atoms with Crippen LogP contribution in [0.5, 0.6) is 0 Å². The SMILES string of the molecule is CCOCC(N)c1noc(C2C3C4CCC(C4)C23)n1. The largest absolute Gasteiger partial charge is 0.380 e. The Morgan fingerprint density at radius 1 is 1.37 bits per heavy atom. The van der Waals surface area contributed by atoms with Crippen molar-refractivity contribution in [1.82, 2.24) is 10.1 Å². The predicted octanol–water partition coefficient (Wildman–Crippen LogP) is 1.87. The van der Waals surface area contributed by atoms with Crippen molar-refractivity contribution >= 4 is 0 Å². The van der Waals surface area contributed by atoms with Gasteiger partial charge in [0.15, 0.2) is 5.82 Å². The molecule has 0 amide bonds. The maximum atomic E-state index is 5.99. The van der Waals surface area contributed by atoms with Crippen LogP contribution in [0, 0.1) is 23.7 Å². The number of ether oxygens (including phenoxy) is 1. The van der Waals surface area contributed by atoms with E-state index in [0.29, 0.717) is 25.0 Å². The highest BCUT2D eigenvalue weighted by molar-refractivity contribution is 5.23. The fourth-order valence-corrected chi connectivity index (χ4v) is 4.51. The molecule has 3 aliphatic carbocycles. The lowest BCUT2D eigenvalue weighted by Gasteiger charge is -2.06. The van der Waals surface area contributed by atoms with Crippen molar-refractivity contribution in [3.63, 3.8) is 0 Å². The number of hydrogen-bond donors (Lipinski definition) is 1. The average Bonchev–Trinajstić information content (AvgIpc) is 2.85. The lowest BCUT2D eigenvalue weighted by molar-refractivity contribution is 0.130. The zero-order chi connectivity index (χ0) is 13.0. The highest BCUT2D eigenvalue weighted by Gasteiger charge is 2.67. The van der Waals surface area contributed by atoms with Gasteiger partial charge < -0.3 is 15.0 Å². The van der Waals surface area contributed by atoms with E-state index in [9.17, 15) is 0 Å². The highest BCUT2D eigenvalue weighted by atomic mass is 16.5. The number of rotatable bonds is 5. The maximum Gasteiger partial charge on any atom is 0.230 e. The summed E-state index contributed by atoms with van der Waals surface area (Å²) >= 11 is 0. The summed E-state index contributed by atoms with van der Waals surface area (Å²) in [5.41, 5.74) is 5.99. The third kappa shape index (κ3) is 1.75. The average molecular weight is 263 g/mol. The molecule has 0 aliphatic heterocycles. The predicted molar refractivity (Wildman–Crippen MR) is 68.3 cm³/mol. The molecule has 3 saturated carbocycles. The third-order valence-electron chi connectivity index (χ3n) is 5.31. The van der Waals surface area contributed by atoms with E-state index < -0.39 is 0 Å². The first-order valence-electron chi connectivity index (χ1n) is 7.46. The molecule has 2 N–H and O–H groups in total. The van der Waals surface area contributed by atoms with E-state index >= 15 is 0 Å². The summed E-state index contributed by atoms with van der Waals surface area (Å²) in [4.78, 5) is 4.52. The lowest BCUT2D eigenvalue weighted by atomic mass is 10.0. The van der Waals surface area contributed by atoms with E-state index in [1.165, 1.54) is 19.3 Å². The van der Waals surface area contributed by atoms with E-state index in [-0.39, 0.29) is 6.04 Å². The minimum Gasteiger partial charge on any atom is -0.380 e. The van der Waals surface area contributed by atoms with Crippen LogP contribution in [0.3, 0.4) is 0 Å². The second-order valence-corrected chi connectivity index (χ2v) is 6.27. The Morgan fingerprint density at radius 3 is 2.79 bits per heavy atom. The molecule has 1 aromatic rings. The monoisotopic (exact) mass is 263 g/mol. The van der Waals surface area contributed by atoms with E-state index in [2.05, 4.69) is 10.1 Å². The Labute approximate surface area is 112 Å². The van der Waals surface area contributed by atoms with Gasteiger partial charge in [-0.1, -0.05) is 5.16 Å². The third-order valence-corrected chi connectivity index (χ3v) is 5.31. The first-order valence-corrected chi connectivity index (χ1v) is 7.46. The summed E-state index contributed by atoms with van der Waals surface area (Å²) in [6.45, 7) is 3.07. The van der Waals surface area contributed by atoms with Crippen molar-refractivity contribution in [3.8, 4) is 0 Å². The summed E-state index contributed by atoms with van der Waals surface area (Å²) in [7, 11) is 0. The van der Waals surface area contributed by atoms with Crippen LogP contribution in [0.1, 0.15) is 49.9 Å². The smallest absolute Gasteiger partial charge is 0.230 e. The Bertz CT molecular complexity index is 459. The van der Waals surface area contributed by atoms with Crippen LogP contribution in [0.2, 0.25) is 0 Å². The van der Waals surface area contributed by atoms with Crippen molar-refractivity contribution in [2.75, 3.05) is 13.2 Å². The number of aromatic nitrogens is 2. The van der Waals surface area contributed by atoms with Gasteiger partial charge in [-0.2, -0.15) is 4.98 Å². The van der Waals surface area contributed by atoms with Crippen molar-refractivity contribution in [2.45, 2.75) is 38.1 Å². The van der Waals surface area contributed by atoms with E-state index in [0.717, 1.165) is 29.6 Å². The van der Waals surface area contributed by atoms with E-state index in [1.54, 1.807) is 0 Å². The molecule has 0 saturated heterocycles. The first kappa shape index (κ1) is 11.9. The number of nitrogens with zero attached hydrogens (tertiary/aromatic N) is 2. The van der Waals surface area contributed by atoms with Gasteiger partial charge in [0, 0.05) is 12.5 Å². The Morgan fingerprint density at radius 2 is 2.11 bits per heavy atom. The molecule has 3 aliphatic rings. The van der Waals surface area contributed by atoms with Gasteiger partial charge in [-0.05, 0) is 49.9 Å². The van der Waals surface area contributed by atoms with E-state index in [1.807, 2.05) is 6.92 Å². The Kier molecular flexibility index (Phi) is 2.67. The van der Waals surface area contributed by atoms with Crippen LogP contribution in [0.15, 0.2) is 4.52 Å². The normalized spacial score (nSPS) is 40.4. The van der Waals surface area contributed by atoms with Crippen LogP contribution >= 0.6 is 0 Å². The minimum absolute atomic E-state index is 0.271. The molecule has 1 aromatic heterocycles. The highest BCUT2D eigenvalue weighted by Crippen LogP contribution is 2.72. The zero-order valence-corrected chi connectivity index (χ0v) is 11.3. The van der Waals surface area contributed by atoms with Crippen molar-refractivity contribution in [2.24, 2.45) is 29.4 Å². The maximum absolute atomic E-state index is 5.99. The molecule has 0 aromatic carbocycles. The molecule has 0 spiro atoms. The van der Waals surface area contributed by atoms with Crippen LogP contribution in [0.25, 0.3) is 0 Å². The molecule has 5 atom stereocenters. The molecule has 19 heavy (non-hydrogen) atoms. The number of nitrogens with two attached hydrogens (primary N) is 1. The van der Waals surface area contributed by atoms with Gasteiger partial charge in [0.25, 0.3) is 0 Å². The van der Waals surface area contributed by atoms with Gasteiger partial charge in [0.05, 0.1) is 12.6 Å². The summed E-state index contributed by atoms with van der Waals surface area (Å²) in [6.07, 6.45) is 4.26. The number of fused-ring (bicyclic) bond motifs is 5. The zero-order valence-electron chi connectivity index (χ0n) is 11.3.